The van der Waals surface area contributed by atoms with E-state index in [1.54, 1.807) is 49.6 Å². The molecule has 0 bridgehead atoms. The maximum absolute atomic E-state index is 14.1. The van der Waals surface area contributed by atoms with Gasteiger partial charge < -0.3 is 15.0 Å². The standard InChI is InChI=1S/C32H41N3O5S/c1-6-8-20-33-32(37)30(7-2)34(22-26-15-18-28(40-5)19-16-26)31(36)23-35(27-17-14-24(3)25(4)21-27)41(38,39)29-12-10-9-11-13-29/h9-19,21,30H,6-8,20,22-23H2,1-5H3,(H,33,37). The van der Waals surface area contributed by atoms with E-state index in [4.69, 9.17) is 4.74 Å². The Labute approximate surface area is 244 Å². The number of benzene rings is 3. The molecule has 1 atom stereocenters. The molecule has 41 heavy (non-hydrogen) atoms. The lowest BCUT2D eigenvalue weighted by molar-refractivity contribution is -0.140. The highest BCUT2D eigenvalue weighted by molar-refractivity contribution is 7.92. The zero-order valence-electron chi connectivity index (χ0n) is 24.6. The monoisotopic (exact) mass is 579 g/mol. The van der Waals surface area contributed by atoms with Crippen LogP contribution in [0.4, 0.5) is 5.69 Å². The zero-order valence-corrected chi connectivity index (χ0v) is 25.4. The fraction of sp³-hybridized carbons (Fsp3) is 0.375. The van der Waals surface area contributed by atoms with Gasteiger partial charge in [-0.15, -0.1) is 0 Å². The third-order valence-corrected chi connectivity index (χ3v) is 8.90. The number of hydrogen-bond acceptors (Lipinski definition) is 5. The van der Waals surface area contributed by atoms with E-state index in [-0.39, 0.29) is 17.3 Å². The number of rotatable bonds is 14. The highest BCUT2D eigenvalue weighted by atomic mass is 32.2. The van der Waals surface area contributed by atoms with Gasteiger partial charge in [0.1, 0.15) is 18.3 Å². The van der Waals surface area contributed by atoms with Gasteiger partial charge in [0, 0.05) is 13.1 Å². The first kappa shape index (κ1) is 31.7. The van der Waals surface area contributed by atoms with Crippen LogP contribution < -0.4 is 14.4 Å². The molecule has 0 radical (unpaired) electrons. The molecule has 0 heterocycles. The van der Waals surface area contributed by atoms with Crippen LogP contribution in [0, 0.1) is 13.8 Å². The zero-order chi connectivity index (χ0) is 30.0. The van der Waals surface area contributed by atoms with Crippen molar-refractivity contribution in [1.82, 2.24) is 10.2 Å². The lowest BCUT2D eigenvalue weighted by Crippen LogP contribution is -2.52. The molecule has 0 spiro atoms. The second-order valence-corrected chi connectivity index (χ2v) is 11.9. The van der Waals surface area contributed by atoms with Crippen molar-refractivity contribution in [3.63, 3.8) is 0 Å². The summed E-state index contributed by atoms with van der Waals surface area (Å²) in [6, 6.07) is 19.9. The summed E-state index contributed by atoms with van der Waals surface area (Å²) < 4.78 is 34.3. The van der Waals surface area contributed by atoms with E-state index in [0.717, 1.165) is 33.8 Å². The van der Waals surface area contributed by atoms with Crippen LogP contribution in [0.5, 0.6) is 5.75 Å². The first-order chi connectivity index (χ1) is 19.6. The van der Waals surface area contributed by atoms with Crippen molar-refractivity contribution in [3.8, 4) is 5.75 Å². The molecule has 0 saturated carbocycles. The Balaban J connectivity index is 2.04. The summed E-state index contributed by atoms with van der Waals surface area (Å²) in [6.45, 7) is 7.91. The van der Waals surface area contributed by atoms with E-state index >= 15 is 0 Å². The van der Waals surface area contributed by atoms with E-state index in [1.807, 2.05) is 45.9 Å². The minimum atomic E-state index is -4.10. The number of methoxy groups -OCH3 is 1. The molecule has 1 N–H and O–H groups in total. The molecule has 0 saturated heterocycles. The summed E-state index contributed by atoms with van der Waals surface area (Å²) in [5.74, 6) is -0.0617. The van der Waals surface area contributed by atoms with Gasteiger partial charge in [-0.1, -0.05) is 56.7 Å². The van der Waals surface area contributed by atoms with E-state index in [0.29, 0.717) is 24.4 Å². The second kappa shape index (κ2) is 14.7. The molecule has 9 heteroatoms. The Bertz CT molecular complexity index is 1410. The highest BCUT2D eigenvalue weighted by Crippen LogP contribution is 2.27. The molecule has 0 aliphatic heterocycles. The number of nitrogens with one attached hydrogen (secondary N) is 1. The predicted octanol–water partition coefficient (Wildman–Crippen LogP) is 5.23. The summed E-state index contributed by atoms with van der Waals surface area (Å²) >= 11 is 0. The third kappa shape index (κ3) is 8.10. The maximum Gasteiger partial charge on any atom is 0.264 e. The van der Waals surface area contributed by atoms with Gasteiger partial charge in [0.25, 0.3) is 10.0 Å². The molecule has 0 aromatic heterocycles. The van der Waals surface area contributed by atoms with Crippen LogP contribution in [-0.4, -0.2) is 51.4 Å². The van der Waals surface area contributed by atoms with Crippen LogP contribution in [0.1, 0.15) is 49.8 Å². The van der Waals surface area contributed by atoms with Crippen LogP contribution >= 0.6 is 0 Å². The van der Waals surface area contributed by atoms with Gasteiger partial charge in [0.15, 0.2) is 0 Å². The molecule has 8 nitrogen and oxygen atoms in total. The van der Waals surface area contributed by atoms with Crippen LogP contribution in [0.25, 0.3) is 0 Å². The number of ether oxygens (including phenoxy) is 1. The number of anilines is 1. The SMILES string of the molecule is CCCCNC(=O)C(CC)N(Cc1ccc(OC)cc1)C(=O)CN(c1ccc(C)c(C)c1)S(=O)(=O)c1ccccc1. The number of hydrogen-bond donors (Lipinski definition) is 1. The summed E-state index contributed by atoms with van der Waals surface area (Å²) in [5, 5.41) is 2.94. The van der Waals surface area contributed by atoms with Crippen molar-refractivity contribution < 1.29 is 22.7 Å². The number of carbonyl (C=O) groups excluding carboxylic acids is 2. The molecule has 2 amide bonds. The van der Waals surface area contributed by atoms with E-state index in [1.165, 1.54) is 17.0 Å². The smallest absolute Gasteiger partial charge is 0.264 e. The normalized spacial score (nSPS) is 11.9. The van der Waals surface area contributed by atoms with E-state index in [9.17, 15) is 18.0 Å². The maximum atomic E-state index is 14.1. The van der Waals surface area contributed by atoms with Crippen LogP contribution in [0.3, 0.4) is 0 Å². The topological polar surface area (TPSA) is 96.0 Å². The number of aryl methyl sites for hydroxylation is 2. The molecule has 0 fully saturated rings. The third-order valence-electron chi connectivity index (χ3n) is 7.12. The number of nitrogens with zero attached hydrogens (tertiary/aromatic N) is 2. The van der Waals surface area contributed by atoms with Crippen molar-refractivity contribution in [1.29, 1.82) is 0 Å². The van der Waals surface area contributed by atoms with Crippen LogP contribution in [0.15, 0.2) is 77.7 Å². The molecule has 0 aliphatic carbocycles. The first-order valence-corrected chi connectivity index (χ1v) is 15.4. The van der Waals surface area contributed by atoms with Crippen molar-refractivity contribution in [2.45, 2.75) is 64.4 Å². The summed E-state index contributed by atoms with van der Waals surface area (Å²) in [6.07, 6.45) is 2.12. The predicted molar refractivity (Wildman–Crippen MR) is 162 cm³/mol. The molecule has 3 aromatic carbocycles. The van der Waals surface area contributed by atoms with Gasteiger partial charge in [-0.25, -0.2) is 8.42 Å². The Morgan fingerprint density at radius 1 is 0.927 bits per heavy atom. The van der Waals surface area contributed by atoms with E-state index < -0.39 is 28.5 Å². The van der Waals surface area contributed by atoms with Crippen molar-refractivity contribution in [3.05, 3.63) is 89.5 Å². The number of sulfonamides is 1. The van der Waals surface area contributed by atoms with Crippen molar-refractivity contribution in [2.75, 3.05) is 24.5 Å². The lowest BCUT2D eigenvalue weighted by atomic mass is 10.1. The molecule has 220 valence electrons. The van der Waals surface area contributed by atoms with Gasteiger partial charge >= 0.3 is 0 Å². The van der Waals surface area contributed by atoms with Crippen molar-refractivity contribution in [2.24, 2.45) is 0 Å². The quantitative estimate of drug-likeness (QED) is 0.264. The molecule has 3 rings (SSSR count). The number of carbonyl (C=O) groups is 2. The fourth-order valence-electron chi connectivity index (χ4n) is 4.48. The first-order valence-electron chi connectivity index (χ1n) is 14.0. The van der Waals surface area contributed by atoms with Gasteiger partial charge in [0.05, 0.1) is 17.7 Å². The van der Waals surface area contributed by atoms with Gasteiger partial charge in [-0.05, 0) is 79.8 Å². The average Bonchev–Trinajstić information content (AvgIpc) is 2.98. The Hall–Kier alpha value is -3.85. The van der Waals surface area contributed by atoms with Gasteiger partial charge in [0.2, 0.25) is 11.8 Å². The van der Waals surface area contributed by atoms with Gasteiger partial charge in [-0.2, -0.15) is 0 Å². The van der Waals surface area contributed by atoms with Gasteiger partial charge in [-0.3, -0.25) is 13.9 Å². The van der Waals surface area contributed by atoms with E-state index in [2.05, 4.69) is 5.32 Å². The lowest BCUT2D eigenvalue weighted by Gasteiger charge is -2.33. The Morgan fingerprint density at radius 2 is 1.61 bits per heavy atom. The largest absolute Gasteiger partial charge is 0.497 e. The Morgan fingerprint density at radius 3 is 2.20 bits per heavy atom. The molecule has 3 aromatic rings. The molecular formula is C32H41N3O5S. The number of amides is 2. The summed E-state index contributed by atoms with van der Waals surface area (Å²) in [4.78, 5) is 29.0. The summed E-state index contributed by atoms with van der Waals surface area (Å²) in [7, 11) is -2.52. The fourth-order valence-corrected chi connectivity index (χ4v) is 5.91. The molecule has 0 aliphatic rings. The van der Waals surface area contributed by atoms with Crippen molar-refractivity contribution >= 4 is 27.5 Å². The summed E-state index contributed by atoms with van der Waals surface area (Å²) in [5.41, 5.74) is 3.09. The minimum absolute atomic E-state index is 0.0806. The average molecular weight is 580 g/mol. The highest BCUT2D eigenvalue weighted by Gasteiger charge is 2.33. The van der Waals surface area contributed by atoms with Crippen LogP contribution in [-0.2, 0) is 26.2 Å². The minimum Gasteiger partial charge on any atom is -0.497 e. The number of unbranched alkanes of at least 4 members (excludes halogenated alkanes) is 1. The Kier molecular flexibility index (Phi) is 11.3. The van der Waals surface area contributed by atoms with Crippen LogP contribution in [0.2, 0.25) is 0 Å². The second-order valence-electron chi connectivity index (χ2n) is 10.0. The molecule has 1 unspecified atom stereocenters. The molecular weight excluding hydrogens is 538 g/mol.